The van der Waals surface area contributed by atoms with Crippen molar-refractivity contribution >= 4 is 29.2 Å². The van der Waals surface area contributed by atoms with Crippen molar-refractivity contribution in [3.63, 3.8) is 0 Å². The van der Waals surface area contributed by atoms with Crippen LogP contribution in [-0.4, -0.2) is 45.0 Å². The maximum Gasteiger partial charge on any atom is 0.356 e. The summed E-state index contributed by atoms with van der Waals surface area (Å²) in [4.78, 5) is 18.3. The number of aromatic nitrogens is 3. The Morgan fingerprint density at radius 1 is 1.15 bits per heavy atom. The summed E-state index contributed by atoms with van der Waals surface area (Å²) in [6, 6.07) is 10.1. The third-order valence-corrected chi connectivity index (χ3v) is 4.79. The molecule has 0 aliphatic carbocycles. The number of hydrogen-bond acceptors (Lipinski definition) is 5. The highest BCUT2D eigenvalue weighted by atomic mass is 32.2. The lowest BCUT2D eigenvalue weighted by Crippen LogP contribution is -2.20. The maximum absolute atomic E-state index is 12.2. The number of carboxylic acids is 1. The first-order chi connectivity index (χ1) is 12.6. The van der Waals surface area contributed by atoms with Gasteiger partial charge in [0.15, 0.2) is 11.3 Å². The van der Waals surface area contributed by atoms with E-state index in [1.807, 2.05) is 12.3 Å². The first-order valence-corrected chi connectivity index (χ1v) is 9.43. The standard InChI is InChI=1S/C11H12N4O2.C7H7FS/c16-11(17)8-7-12-9-3-4-10(13-15(8)9)14-5-1-2-6-14;1-9-7-4-2-6(8)3-5-7/h3-4,7H,1-2,5-6H2,(H,16,17);2-5H,1H3. The predicted molar refractivity (Wildman–Crippen MR) is 99.6 cm³/mol. The molecule has 3 heterocycles. The van der Waals surface area contributed by atoms with E-state index >= 15 is 0 Å². The molecule has 6 nitrogen and oxygen atoms in total. The average molecular weight is 374 g/mol. The quantitative estimate of drug-likeness (QED) is 0.707. The summed E-state index contributed by atoms with van der Waals surface area (Å²) in [6.07, 6.45) is 5.62. The van der Waals surface area contributed by atoms with Gasteiger partial charge in [0.2, 0.25) is 0 Å². The number of anilines is 1. The van der Waals surface area contributed by atoms with E-state index in [4.69, 9.17) is 5.11 Å². The summed E-state index contributed by atoms with van der Waals surface area (Å²) in [5.74, 6) is -0.369. The minimum atomic E-state index is -1.01. The smallest absolute Gasteiger partial charge is 0.356 e. The number of fused-ring (bicyclic) bond motifs is 1. The molecule has 1 aliphatic rings. The van der Waals surface area contributed by atoms with Gasteiger partial charge in [-0.25, -0.2) is 18.7 Å². The van der Waals surface area contributed by atoms with Crippen LogP contribution in [0.2, 0.25) is 0 Å². The second-order valence-corrected chi connectivity index (χ2v) is 6.64. The maximum atomic E-state index is 12.2. The van der Waals surface area contributed by atoms with E-state index in [2.05, 4.69) is 15.0 Å². The van der Waals surface area contributed by atoms with Gasteiger partial charge in [0.05, 0.1) is 6.20 Å². The van der Waals surface area contributed by atoms with Crippen molar-refractivity contribution in [2.45, 2.75) is 17.7 Å². The normalized spacial score (nSPS) is 13.5. The van der Waals surface area contributed by atoms with Gasteiger partial charge in [-0.2, -0.15) is 0 Å². The third-order valence-electron chi connectivity index (χ3n) is 4.05. The molecule has 1 aliphatic heterocycles. The Kier molecular flexibility index (Phi) is 5.72. The Morgan fingerprint density at radius 3 is 2.46 bits per heavy atom. The van der Waals surface area contributed by atoms with Crippen LogP contribution < -0.4 is 4.90 Å². The SMILES string of the molecule is CSc1ccc(F)cc1.O=C(O)c1cnc2ccc(N3CCCC3)nn12. The molecule has 3 aromatic rings. The van der Waals surface area contributed by atoms with Gasteiger partial charge >= 0.3 is 5.97 Å². The molecule has 1 aromatic carbocycles. The van der Waals surface area contributed by atoms with Crippen LogP contribution in [0.4, 0.5) is 10.2 Å². The summed E-state index contributed by atoms with van der Waals surface area (Å²) in [5, 5.41) is 13.4. The van der Waals surface area contributed by atoms with Gasteiger partial charge in [-0.3, -0.25) is 0 Å². The highest BCUT2D eigenvalue weighted by molar-refractivity contribution is 7.98. The van der Waals surface area contributed by atoms with E-state index in [9.17, 15) is 9.18 Å². The molecule has 26 heavy (non-hydrogen) atoms. The van der Waals surface area contributed by atoms with Crippen molar-refractivity contribution < 1.29 is 14.3 Å². The van der Waals surface area contributed by atoms with Gasteiger partial charge in [-0.15, -0.1) is 16.9 Å². The van der Waals surface area contributed by atoms with Crippen molar-refractivity contribution in [3.05, 3.63) is 54.1 Å². The Labute approximate surface area is 154 Å². The number of carbonyl (C=O) groups is 1. The third kappa shape index (κ3) is 4.13. The molecule has 0 saturated carbocycles. The van der Waals surface area contributed by atoms with Crippen LogP contribution in [0.15, 0.2) is 47.5 Å². The predicted octanol–water partition coefficient (Wildman–Crippen LogP) is 3.58. The molecule has 0 amide bonds. The number of hydrogen-bond donors (Lipinski definition) is 1. The minimum Gasteiger partial charge on any atom is -0.476 e. The molecule has 0 radical (unpaired) electrons. The van der Waals surface area contributed by atoms with Gasteiger partial charge in [0, 0.05) is 18.0 Å². The van der Waals surface area contributed by atoms with Crippen LogP contribution in [0, 0.1) is 5.82 Å². The second-order valence-electron chi connectivity index (χ2n) is 5.76. The molecule has 4 rings (SSSR count). The number of aromatic carboxylic acids is 1. The zero-order chi connectivity index (χ0) is 18.5. The second kappa shape index (κ2) is 8.18. The summed E-state index contributed by atoms with van der Waals surface area (Å²) >= 11 is 1.61. The van der Waals surface area contributed by atoms with Crippen LogP contribution in [0.1, 0.15) is 23.3 Å². The van der Waals surface area contributed by atoms with Crippen LogP contribution in [0.3, 0.4) is 0 Å². The minimum absolute atomic E-state index is 0.0982. The lowest BCUT2D eigenvalue weighted by molar-refractivity contribution is 0.0688. The van der Waals surface area contributed by atoms with Crippen molar-refractivity contribution in [1.29, 1.82) is 0 Å². The zero-order valence-corrected chi connectivity index (χ0v) is 15.1. The number of benzene rings is 1. The summed E-state index contributed by atoms with van der Waals surface area (Å²) < 4.78 is 13.6. The Bertz CT molecular complexity index is 892. The van der Waals surface area contributed by atoms with Gasteiger partial charge in [0.25, 0.3) is 0 Å². The van der Waals surface area contributed by atoms with Gasteiger partial charge in [-0.1, -0.05) is 0 Å². The van der Waals surface area contributed by atoms with Crippen LogP contribution in [0.25, 0.3) is 5.65 Å². The molecule has 1 saturated heterocycles. The Balaban J connectivity index is 0.000000185. The van der Waals surface area contributed by atoms with Crippen LogP contribution in [0.5, 0.6) is 0 Å². The van der Waals surface area contributed by atoms with Crippen molar-refractivity contribution in [1.82, 2.24) is 14.6 Å². The van der Waals surface area contributed by atoms with E-state index in [0.717, 1.165) is 36.6 Å². The fraction of sp³-hybridized carbons (Fsp3) is 0.278. The van der Waals surface area contributed by atoms with E-state index in [-0.39, 0.29) is 11.5 Å². The monoisotopic (exact) mass is 374 g/mol. The number of nitrogens with zero attached hydrogens (tertiary/aromatic N) is 4. The van der Waals surface area contributed by atoms with Crippen LogP contribution >= 0.6 is 11.8 Å². The van der Waals surface area contributed by atoms with Crippen molar-refractivity contribution in [2.24, 2.45) is 0 Å². The number of thioether (sulfide) groups is 1. The lowest BCUT2D eigenvalue weighted by Gasteiger charge is -2.15. The average Bonchev–Trinajstić information content (AvgIpc) is 3.32. The molecule has 0 bridgehead atoms. The number of carboxylic acid groups (broad SMARTS) is 1. The molecule has 2 aromatic heterocycles. The molecule has 8 heteroatoms. The Morgan fingerprint density at radius 2 is 1.85 bits per heavy atom. The zero-order valence-electron chi connectivity index (χ0n) is 14.3. The molecule has 0 unspecified atom stereocenters. The molecular formula is C18H19FN4O2S. The molecule has 136 valence electrons. The van der Waals surface area contributed by atoms with Gasteiger partial charge in [-0.05, 0) is 55.5 Å². The summed E-state index contributed by atoms with van der Waals surface area (Å²) in [7, 11) is 0. The molecule has 0 atom stereocenters. The lowest BCUT2D eigenvalue weighted by atomic mass is 10.4. The Hall–Kier alpha value is -2.61. The van der Waals surface area contributed by atoms with Gasteiger partial charge in [0.1, 0.15) is 11.6 Å². The highest BCUT2D eigenvalue weighted by Gasteiger charge is 2.16. The first kappa shape index (κ1) is 18.2. The first-order valence-electron chi connectivity index (χ1n) is 8.21. The van der Waals surface area contributed by atoms with E-state index < -0.39 is 5.97 Å². The van der Waals surface area contributed by atoms with Crippen molar-refractivity contribution in [3.8, 4) is 0 Å². The summed E-state index contributed by atoms with van der Waals surface area (Å²) in [5.41, 5.74) is 0.659. The topological polar surface area (TPSA) is 70.7 Å². The molecule has 1 fully saturated rings. The summed E-state index contributed by atoms with van der Waals surface area (Å²) in [6.45, 7) is 1.96. The van der Waals surface area contributed by atoms with E-state index in [1.165, 1.54) is 22.8 Å². The fourth-order valence-electron chi connectivity index (χ4n) is 2.70. The molecular weight excluding hydrogens is 355 g/mol. The molecule has 0 spiro atoms. The van der Waals surface area contributed by atoms with Gasteiger partial charge < -0.3 is 10.0 Å². The largest absolute Gasteiger partial charge is 0.476 e. The highest BCUT2D eigenvalue weighted by Crippen LogP contribution is 2.18. The van der Waals surface area contributed by atoms with Crippen molar-refractivity contribution in [2.75, 3.05) is 24.2 Å². The number of imidazole rings is 1. The molecule has 1 N–H and O–H groups in total. The van der Waals surface area contributed by atoms with E-state index in [0.29, 0.717) is 5.65 Å². The fourth-order valence-corrected chi connectivity index (χ4v) is 3.10. The van der Waals surface area contributed by atoms with E-state index in [1.54, 1.807) is 30.0 Å². The van der Waals surface area contributed by atoms with Crippen LogP contribution in [-0.2, 0) is 0 Å². The number of rotatable bonds is 3. The number of halogens is 1.